The average Bonchev–Trinajstić information content (AvgIpc) is 2.83. The number of hydrogen-bond acceptors (Lipinski definition) is 3. The van der Waals surface area contributed by atoms with Gasteiger partial charge in [0, 0.05) is 16.6 Å². The van der Waals surface area contributed by atoms with E-state index in [9.17, 15) is 9.00 Å². The molecule has 2 atom stereocenters. The number of carbonyl (C=O) groups excluding carboxylic acids is 1. The fourth-order valence-corrected chi connectivity index (χ4v) is 4.13. The van der Waals surface area contributed by atoms with E-state index in [2.05, 4.69) is 0 Å². The Morgan fingerprint density at radius 3 is 2.70 bits per heavy atom. The van der Waals surface area contributed by atoms with Crippen molar-refractivity contribution in [2.45, 2.75) is 24.9 Å². The SMILES string of the molecule is Cc1cccc(CS(=O)C(C)C(=O)c2ccc(Cl)s2)c1. The third-order valence-corrected chi connectivity index (χ3v) is 5.84. The van der Waals surface area contributed by atoms with E-state index in [1.54, 1.807) is 19.1 Å². The summed E-state index contributed by atoms with van der Waals surface area (Å²) in [5.74, 6) is 0.293. The van der Waals surface area contributed by atoms with Crippen molar-refractivity contribution < 1.29 is 9.00 Å². The standard InChI is InChI=1S/C15H15ClO2S2/c1-10-4-3-5-12(8-10)9-20(18)11(2)15(17)13-6-7-14(16)19-13/h3-8,11H,9H2,1-2H3. The van der Waals surface area contributed by atoms with E-state index >= 15 is 0 Å². The zero-order chi connectivity index (χ0) is 14.7. The van der Waals surface area contributed by atoms with E-state index in [0.29, 0.717) is 15.0 Å². The molecule has 0 aliphatic heterocycles. The van der Waals surface area contributed by atoms with Crippen LogP contribution in [-0.4, -0.2) is 15.2 Å². The number of hydrogen-bond donors (Lipinski definition) is 0. The second-order valence-electron chi connectivity index (χ2n) is 4.62. The summed E-state index contributed by atoms with van der Waals surface area (Å²) in [5, 5.41) is -0.523. The lowest BCUT2D eigenvalue weighted by molar-refractivity contribution is 0.0996. The summed E-state index contributed by atoms with van der Waals surface area (Å²) in [6, 6.07) is 11.2. The minimum Gasteiger partial charge on any atom is -0.292 e. The topological polar surface area (TPSA) is 34.1 Å². The number of ketones is 1. The second-order valence-corrected chi connectivity index (χ2v) is 8.10. The van der Waals surface area contributed by atoms with Gasteiger partial charge >= 0.3 is 0 Å². The molecule has 2 unspecified atom stereocenters. The number of rotatable bonds is 5. The molecule has 0 aliphatic rings. The van der Waals surface area contributed by atoms with E-state index in [0.717, 1.165) is 11.1 Å². The van der Waals surface area contributed by atoms with Crippen LogP contribution < -0.4 is 0 Å². The van der Waals surface area contributed by atoms with Gasteiger partial charge in [0.15, 0.2) is 5.78 Å². The lowest BCUT2D eigenvalue weighted by atomic mass is 10.2. The monoisotopic (exact) mass is 326 g/mol. The summed E-state index contributed by atoms with van der Waals surface area (Å²) in [4.78, 5) is 12.8. The van der Waals surface area contributed by atoms with Crippen LogP contribution in [0.5, 0.6) is 0 Å². The quantitative estimate of drug-likeness (QED) is 0.770. The average molecular weight is 327 g/mol. The highest BCUT2D eigenvalue weighted by Crippen LogP contribution is 2.24. The number of Topliss-reactive ketones (excluding diaryl/α,β-unsaturated/α-hetero) is 1. The zero-order valence-corrected chi connectivity index (χ0v) is 13.6. The van der Waals surface area contributed by atoms with Crippen molar-refractivity contribution in [3.05, 3.63) is 56.7 Å². The van der Waals surface area contributed by atoms with Crippen LogP contribution in [0, 0.1) is 6.92 Å². The van der Waals surface area contributed by atoms with Crippen LogP contribution >= 0.6 is 22.9 Å². The zero-order valence-electron chi connectivity index (χ0n) is 11.3. The molecule has 2 aromatic rings. The van der Waals surface area contributed by atoms with E-state index in [-0.39, 0.29) is 5.78 Å². The molecule has 2 nitrogen and oxygen atoms in total. The molecule has 5 heteroatoms. The molecule has 0 N–H and O–H groups in total. The third-order valence-electron chi connectivity index (χ3n) is 2.97. The molecule has 0 saturated carbocycles. The van der Waals surface area contributed by atoms with Gasteiger partial charge in [0.1, 0.15) is 0 Å². The van der Waals surface area contributed by atoms with Gasteiger partial charge in [0.2, 0.25) is 0 Å². The Kier molecular flexibility index (Phi) is 5.13. The van der Waals surface area contributed by atoms with Crippen LogP contribution in [0.1, 0.15) is 27.7 Å². The minimum absolute atomic E-state index is 0.104. The summed E-state index contributed by atoms with van der Waals surface area (Å²) in [5.41, 5.74) is 2.12. The lowest BCUT2D eigenvalue weighted by Gasteiger charge is -2.10. The molecule has 0 radical (unpaired) electrons. The molecule has 1 aromatic carbocycles. The normalized spacial score (nSPS) is 13.9. The Morgan fingerprint density at radius 1 is 1.35 bits per heavy atom. The number of halogens is 1. The van der Waals surface area contributed by atoms with E-state index < -0.39 is 16.0 Å². The van der Waals surface area contributed by atoms with Gasteiger partial charge in [0.25, 0.3) is 0 Å². The van der Waals surface area contributed by atoms with Crippen LogP contribution in [0.2, 0.25) is 4.34 Å². The molecule has 0 fully saturated rings. The molecule has 1 aromatic heterocycles. The first kappa shape index (κ1) is 15.4. The summed E-state index contributed by atoms with van der Waals surface area (Å²) in [6.07, 6.45) is 0. The predicted molar refractivity (Wildman–Crippen MR) is 86.1 cm³/mol. The van der Waals surface area contributed by atoms with Crippen molar-refractivity contribution >= 4 is 39.5 Å². The first-order valence-corrected chi connectivity index (χ1v) is 8.77. The van der Waals surface area contributed by atoms with Crippen LogP contribution in [0.4, 0.5) is 0 Å². The largest absolute Gasteiger partial charge is 0.292 e. The molecule has 20 heavy (non-hydrogen) atoms. The van der Waals surface area contributed by atoms with Crippen molar-refractivity contribution in [3.8, 4) is 0 Å². The summed E-state index contributed by atoms with van der Waals surface area (Å²) in [6.45, 7) is 3.70. The number of thiophene rings is 1. The Balaban J connectivity index is 2.07. The Morgan fingerprint density at radius 2 is 2.10 bits per heavy atom. The van der Waals surface area contributed by atoms with Crippen molar-refractivity contribution in [1.29, 1.82) is 0 Å². The van der Waals surface area contributed by atoms with Crippen LogP contribution in [0.3, 0.4) is 0 Å². The molecule has 2 rings (SSSR count). The van der Waals surface area contributed by atoms with Gasteiger partial charge in [-0.25, -0.2) is 0 Å². The highest BCUT2D eigenvalue weighted by Gasteiger charge is 2.22. The Hall–Kier alpha value is -0.970. The third kappa shape index (κ3) is 3.78. The minimum atomic E-state index is -1.23. The van der Waals surface area contributed by atoms with E-state index in [1.165, 1.54) is 11.3 Å². The highest BCUT2D eigenvalue weighted by molar-refractivity contribution is 7.85. The van der Waals surface area contributed by atoms with Gasteiger partial charge in [-0.1, -0.05) is 41.4 Å². The lowest BCUT2D eigenvalue weighted by Crippen LogP contribution is -2.23. The van der Waals surface area contributed by atoms with Crippen LogP contribution in [0.25, 0.3) is 0 Å². The second kappa shape index (κ2) is 6.66. The summed E-state index contributed by atoms with van der Waals surface area (Å²) in [7, 11) is -1.23. The predicted octanol–water partition coefficient (Wildman–Crippen LogP) is 4.23. The molecule has 0 bridgehead atoms. The van der Waals surface area contributed by atoms with Crippen molar-refractivity contribution in [1.82, 2.24) is 0 Å². The Bertz CT molecular complexity index is 649. The van der Waals surface area contributed by atoms with Crippen molar-refractivity contribution in [2.24, 2.45) is 0 Å². The van der Waals surface area contributed by atoms with Gasteiger partial charge in [-0.2, -0.15) is 0 Å². The van der Waals surface area contributed by atoms with Crippen molar-refractivity contribution in [3.63, 3.8) is 0 Å². The molecular formula is C15H15ClO2S2. The molecular weight excluding hydrogens is 312 g/mol. The molecule has 106 valence electrons. The van der Waals surface area contributed by atoms with Gasteiger partial charge in [-0.15, -0.1) is 11.3 Å². The highest BCUT2D eigenvalue weighted by atomic mass is 35.5. The molecule has 0 saturated heterocycles. The maximum absolute atomic E-state index is 12.3. The Labute approximate surface area is 130 Å². The van der Waals surface area contributed by atoms with Crippen molar-refractivity contribution in [2.75, 3.05) is 0 Å². The summed E-state index contributed by atoms with van der Waals surface area (Å²) >= 11 is 7.06. The van der Waals surface area contributed by atoms with Gasteiger partial charge < -0.3 is 0 Å². The number of aryl methyl sites for hydroxylation is 1. The number of benzene rings is 1. The molecule has 0 amide bonds. The molecule has 0 spiro atoms. The summed E-state index contributed by atoms with van der Waals surface area (Å²) < 4.78 is 12.9. The molecule has 1 heterocycles. The first-order valence-electron chi connectivity index (χ1n) is 6.19. The number of carbonyl (C=O) groups is 1. The maximum atomic E-state index is 12.3. The van der Waals surface area contributed by atoms with Gasteiger partial charge in [0.05, 0.1) is 14.5 Å². The molecule has 0 aliphatic carbocycles. The van der Waals surface area contributed by atoms with E-state index in [1.807, 2.05) is 31.2 Å². The van der Waals surface area contributed by atoms with Crippen LogP contribution in [-0.2, 0) is 16.6 Å². The fourth-order valence-electron chi connectivity index (χ4n) is 1.86. The van der Waals surface area contributed by atoms with Crippen LogP contribution in [0.15, 0.2) is 36.4 Å². The maximum Gasteiger partial charge on any atom is 0.188 e. The fraction of sp³-hybridized carbons (Fsp3) is 0.267. The van der Waals surface area contributed by atoms with Gasteiger partial charge in [-0.3, -0.25) is 9.00 Å². The smallest absolute Gasteiger partial charge is 0.188 e. The van der Waals surface area contributed by atoms with E-state index in [4.69, 9.17) is 11.6 Å². The first-order chi connectivity index (χ1) is 9.47. The van der Waals surface area contributed by atoms with Gasteiger partial charge in [-0.05, 0) is 31.5 Å².